The number of aromatic nitrogens is 1. The largest absolute Gasteiger partial charge is 0.392 e. The highest BCUT2D eigenvalue weighted by atomic mass is 16.3. The van der Waals surface area contributed by atoms with Crippen molar-refractivity contribution in [2.24, 2.45) is 0 Å². The highest BCUT2D eigenvalue weighted by Gasteiger charge is 2.05. The maximum atomic E-state index is 10.2. The molecule has 0 amide bonds. The number of aliphatic hydroxyl groups excluding tert-OH is 1. The fourth-order valence-electron chi connectivity index (χ4n) is 3.04. The number of aliphatic hydroxyl groups is 1. The van der Waals surface area contributed by atoms with Crippen molar-refractivity contribution < 1.29 is 5.11 Å². The van der Waals surface area contributed by atoms with Crippen LogP contribution in [0.1, 0.15) is 30.0 Å². The third-order valence-corrected chi connectivity index (χ3v) is 4.49. The number of rotatable bonds is 8. The zero-order valence-electron chi connectivity index (χ0n) is 14.3. The van der Waals surface area contributed by atoms with Crippen LogP contribution in [0.2, 0.25) is 0 Å². The number of nitrogens with one attached hydrogen (secondary N) is 2. The molecule has 1 unspecified atom stereocenters. The predicted molar refractivity (Wildman–Crippen MR) is 100 cm³/mol. The topological polar surface area (TPSA) is 48.0 Å². The quantitative estimate of drug-likeness (QED) is 0.590. The molecule has 0 saturated carbocycles. The van der Waals surface area contributed by atoms with Gasteiger partial charge in [-0.15, -0.1) is 0 Å². The molecule has 1 aromatic heterocycles. The lowest BCUT2D eigenvalue weighted by molar-refractivity contribution is 0.161. The molecule has 0 bridgehead atoms. The Bertz CT molecular complexity index is 778. The molecule has 0 aliphatic carbocycles. The van der Waals surface area contributed by atoms with E-state index in [1.165, 1.54) is 22.1 Å². The average Bonchev–Trinajstić information content (AvgIpc) is 3.08. The van der Waals surface area contributed by atoms with Crippen LogP contribution in [0.4, 0.5) is 0 Å². The molecule has 0 saturated heterocycles. The first-order chi connectivity index (χ1) is 11.7. The Morgan fingerprint density at radius 3 is 2.79 bits per heavy atom. The van der Waals surface area contributed by atoms with Gasteiger partial charge in [-0.25, -0.2) is 0 Å². The van der Waals surface area contributed by atoms with E-state index in [0.717, 1.165) is 31.3 Å². The lowest BCUT2D eigenvalue weighted by atomic mass is 10.0. The molecule has 1 atom stereocenters. The van der Waals surface area contributed by atoms with E-state index < -0.39 is 0 Å². The summed E-state index contributed by atoms with van der Waals surface area (Å²) < 4.78 is 0. The number of aryl methyl sites for hydroxylation is 2. The fraction of sp³-hybridized carbons (Fsp3) is 0.333. The van der Waals surface area contributed by atoms with Gasteiger partial charge in [0.1, 0.15) is 0 Å². The van der Waals surface area contributed by atoms with Crippen molar-refractivity contribution in [1.29, 1.82) is 0 Å². The van der Waals surface area contributed by atoms with Gasteiger partial charge in [0.2, 0.25) is 0 Å². The van der Waals surface area contributed by atoms with Gasteiger partial charge >= 0.3 is 0 Å². The van der Waals surface area contributed by atoms with Crippen molar-refractivity contribution in [3.05, 3.63) is 71.4 Å². The van der Waals surface area contributed by atoms with Gasteiger partial charge in [-0.1, -0.05) is 37.3 Å². The Kier molecular flexibility index (Phi) is 5.68. The Hall–Kier alpha value is -2.10. The van der Waals surface area contributed by atoms with Crippen molar-refractivity contribution >= 4 is 10.9 Å². The first-order valence-electron chi connectivity index (χ1n) is 8.77. The third-order valence-electron chi connectivity index (χ3n) is 4.49. The number of hydrogen-bond acceptors (Lipinski definition) is 2. The molecule has 3 nitrogen and oxygen atoms in total. The molecule has 0 spiro atoms. The van der Waals surface area contributed by atoms with Crippen LogP contribution in [0.5, 0.6) is 0 Å². The van der Waals surface area contributed by atoms with Crippen LogP contribution in [-0.2, 0) is 19.4 Å². The van der Waals surface area contributed by atoms with Crippen LogP contribution in [0.15, 0.2) is 54.7 Å². The van der Waals surface area contributed by atoms with Crippen LogP contribution < -0.4 is 5.32 Å². The van der Waals surface area contributed by atoms with E-state index in [0.29, 0.717) is 6.54 Å². The van der Waals surface area contributed by atoms with E-state index in [-0.39, 0.29) is 6.10 Å². The SMILES string of the molecule is CCc1cccc(CNCC(O)CCc2ccc3[nH]ccc3c2)c1. The normalized spacial score (nSPS) is 12.6. The minimum absolute atomic E-state index is 0.318. The van der Waals surface area contributed by atoms with Gasteiger partial charge < -0.3 is 15.4 Å². The molecule has 3 heteroatoms. The van der Waals surface area contributed by atoms with E-state index in [4.69, 9.17) is 0 Å². The van der Waals surface area contributed by atoms with E-state index in [1.54, 1.807) is 0 Å². The Labute approximate surface area is 143 Å². The monoisotopic (exact) mass is 322 g/mol. The van der Waals surface area contributed by atoms with Gasteiger partial charge in [0, 0.05) is 24.8 Å². The molecule has 3 N–H and O–H groups in total. The lowest BCUT2D eigenvalue weighted by Gasteiger charge is -2.12. The van der Waals surface area contributed by atoms with Crippen LogP contribution in [0.3, 0.4) is 0 Å². The summed E-state index contributed by atoms with van der Waals surface area (Å²) in [4.78, 5) is 3.20. The first-order valence-corrected chi connectivity index (χ1v) is 8.77. The molecule has 0 aliphatic rings. The molecule has 1 heterocycles. The van der Waals surface area contributed by atoms with Crippen LogP contribution in [0, 0.1) is 0 Å². The Morgan fingerprint density at radius 2 is 1.92 bits per heavy atom. The van der Waals surface area contributed by atoms with E-state index in [9.17, 15) is 5.11 Å². The smallest absolute Gasteiger partial charge is 0.0667 e. The summed E-state index contributed by atoms with van der Waals surface area (Å²) in [6.45, 7) is 3.60. The zero-order valence-corrected chi connectivity index (χ0v) is 14.3. The molecule has 3 rings (SSSR count). The van der Waals surface area contributed by atoms with Crippen molar-refractivity contribution in [3.8, 4) is 0 Å². The van der Waals surface area contributed by atoms with Crippen LogP contribution in [-0.4, -0.2) is 22.7 Å². The van der Waals surface area contributed by atoms with Crippen LogP contribution >= 0.6 is 0 Å². The number of fused-ring (bicyclic) bond motifs is 1. The van der Waals surface area contributed by atoms with Crippen molar-refractivity contribution in [3.63, 3.8) is 0 Å². The molecule has 0 aliphatic heterocycles. The summed E-state index contributed by atoms with van der Waals surface area (Å²) in [6, 6.07) is 17.1. The number of hydrogen-bond donors (Lipinski definition) is 3. The second kappa shape index (κ2) is 8.13. The molecule has 0 fully saturated rings. The second-order valence-corrected chi connectivity index (χ2v) is 6.40. The number of aromatic amines is 1. The summed E-state index contributed by atoms with van der Waals surface area (Å²) >= 11 is 0. The molecular weight excluding hydrogens is 296 g/mol. The van der Waals surface area contributed by atoms with Crippen molar-refractivity contribution in [2.45, 2.75) is 38.8 Å². The van der Waals surface area contributed by atoms with Gasteiger partial charge in [0.15, 0.2) is 0 Å². The highest BCUT2D eigenvalue weighted by molar-refractivity contribution is 5.79. The highest BCUT2D eigenvalue weighted by Crippen LogP contribution is 2.16. The fourth-order valence-corrected chi connectivity index (χ4v) is 3.04. The third kappa shape index (κ3) is 4.47. The minimum Gasteiger partial charge on any atom is -0.392 e. The summed E-state index contributed by atoms with van der Waals surface area (Å²) in [6.07, 6.45) is 4.37. The second-order valence-electron chi connectivity index (χ2n) is 6.40. The summed E-state index contributed by atoms with van der Waals surface area (Å²) in [7, 11) is 0. The molecule has 126 valence electrons. The molecule has 2 aromatic carbocycles. The summed E-state index contributed by atoms with van der Waals surface area (Å²) in [5.74, 6) is 0. The van der Waals surface area contributed by atoms with Gasteiger partial charge in [-0.2, -0.15) is 0 Å². The Morgan fingerprint density at radius 1 is 1.04 bits per heavy atom. The van der Waals surface area contributed by atoms with E-state index in [1.807, 2.05) is 6.20 Å². The van der Waals surface area contributed by atoms with Gasteiger partial charge in [0.25, 0.3) is 0 Å². The average molecular weight is 322 g/mol. The molecule has 0 radical (unpaired) electrons. The zero-order chi connectivity index (χ0) is 16.8. The summed E-state index contributed by atoms with van der Waals surface area (Å²) in [5.41, 5.74) is 5.07. The minimum atomic E-state index is -0.318. The maximum Gasteiger partial charge on any atom is 0.0667 e. The first kappa shape index (κ1) is 16.7. The number of H-pyrrole nitrogens is 1. The molecular formula is C21H26N2O. The van der Waals surface area contributed by atoms with E-state index in [2.05, 4.69) is 65.8 Å². The Balaban J connectivity index is 1.42. The molecule has 3 aromatic rings. The maximum absolute atomic E-state index is 10.2. The van der Waals surface area contributed by atoms with E-state index >= 15 is 0 Å². The van der Waals surface area contributed by atoms with Crippen LogP contribution in [0.25, 0.3) is 10.9 Å². The predicted octanol–water partition coefficient (Wildman–Crippen LogP) is 3.81. The molecule has 24 heavy (non-hydrogen) atoms. The summed E-state index contributed by atoms with van der Waals surface area (Å²) in [5, 5.41) is 14.8. The van der Waals surface area contributed by atoms with Crippen molar-refractivity contribution in [2.75, 3.05) is 6.54 Å². The van der Waals surface area contributed by atoms with Gasteiger partial charge in [-0.3, -0.25) is 0 Å². The standard InChI is InChI=1S/C21H26N2O/c1-2-16-4-3-5-18(12-16)14-22-15-20(24)8-6-17-7-9-21-19(13-17)10-11-23-21/h3-5,7,9-13,20,22-24H,2,6,8,14-15H2,1H3. The van der Waals surface area contributed by atoms with Gasteiger partial charge in [-0.05, 0) is 59.5 Å². The van der Waals surface area contributed by atoms with Crippen molar-refractivity contribution in [1.82, 2.24) is 10.3 Å². The lowest BCUT2D eigenvalue weighted by Crippen LogP contribution is -2.26. The number of benzene rings is 2. The van der Waals surface area contributed by atoms with Gasteiger partial charge in [0.05, 0.1) is 6.10 Å².